The van der Waals surface area contributed by atoms with Gasteiger partial charge in [-0.3, -0.25) is 4.79 Å². The van der Waals surface area contributed by atoms with Gasteiger partial charge in [0.25, 0.3) is 0 Å². The molecule has 1 atom stereocenters. The zero-order valence-corrected chi connectivity index (χ0v) is 11.4. The summed E-state index contributed by atoms with van der Waals surface area (Å²) < 4.78 is 7.62. The smallest absolute Gasteiger partial charge is 0.249 e. The molecule has 1 aromatic carbocycles. The second-order valence-corrected chi connectivity index (χ2v) is 5.17. The van der Waals surface area contributed by atoms with Crippen LogP contribution in [0.5, 0.6) is 0 Å². The van der Waals surface area contributed by atoms with E-state index in [0.717, 1.165) is 5.56 Å². The van der Waals surface area contributed by atoms with Crippen molar-refractivity contribution >= 4 is 5.91 Å². The lowest BCUT2D eigenvalue weighted by atomic mass is 10.1. The van der Waals surface area contributed by atoms with Crippen molar-refractivity contribution in [2.45, 2.75) is 19.2 Å². The van der Waals surface area contributed by atoms with Crippen LogP contribution in [0.4, 0.5) is 0 Å². The molecule has 1 fully saturated rings. The number of amides is 1. The highest BCUT2D eigenvalue weighted by Crippen LogP contribution is 2.24. The Morgan fingerprint density at radius 3 is 2.85 bits per heavy atom. The first-order chi connectivity index (χ1) is 9.67. The number of aromatic nitrogens is 2. The van der Waals surface area contributed by atoms with Crippen LogP contribution in [-0.2, 0) is 21.8 Å². The van der Waals surface area contributed by atoms with Crippen molar-refractivity contribution in [3.63, 3.8) is 0 Å². The van der Waals surface area contributed by atoms with Crippen molar-refractivity contribution in [2.75, 3.05) is 13.2 Å². The number of hydrogen-bond donors (Lipinski definition) is 0. The average Bonchev–Trinajstić information content (AvgIpc) is 2.99. The van der Waals surface area contributed by atoms with Gasteiger partial charge in [0.2, 0.25) is 5.91 Å². The van der Waals surface area contributed by atoms with Gasteiger partial charge in [-0.15, -0.1) is 0 Å². The normalized spacial score (nSPS) is 23.1. The fourth-order valence-corrected chi connectivity index (χ4v) is 2.44. The summed E-state index contributed by atoms with van der Waals surface area (Å²) in [6.07, 6.45) is 5.29. The molecule has 5 heteroatoms. The minimum absolute atomic E-state index is 0.0199. The molecular formula is C15H17N3O2. The summed E-state index contributed by atoms with van der Waals surface area (Å²) in [4.78, 5) is 17.9. The molecule has 1 amide bonds. The van der Waals surface area contributed by atoms with Crippen LogP contribution >= 0.6 is 0 Å². The Balaban J connectivity index is 1.79. The van der Waals surface area contributed by atoms with Crippen molar-refractivity contribution in [3.05, 3.63) is 54.6 Å². The number of morpholine rings is 1. The number of nitrogens with zero attached hydrogens (tertiary/aromatic N) is 3. The summed E-state index contributed by atoms with van der Waals surface area (Å²) in [6.45, 7) is 3.19. The Labute approximate surface area is 117 Å². The van der Waals surface area contributed by atoms with E-state index in [1.165, 1.54) is 0 Å². The van der Waals surface area contributed by atoms with Crippen molar-refractivity contribution in [3.8, 4) is 0 Å². The molecule has 1 aliphatic rings. The lowest BCUT2D eigenvalue weighted by molar-refractivity contribution is -0.179. The van der Waals surface area contributed by atoms with E-state index in [1.807, 2.05) is 52.9 Å². The minimum atomic E-state index is -0.556. The third-order valence-electron chi connectivity index (χ3n) is 3.61. The monoisotopic (exact) mass is 271 g/mol. The summed E-state index contributed by atoms with van der Waals surface area (Å²) >= 11 is 0. The van der Waals surface area contributed by atoms with Gasteiger partial charge >= 0.3 is 0 Å². The summed E-state index contributed by atoms with van der Waals surface area (Å²) in [7, 11) is 0. The van der Waals surface area contributed by atoms with E-state index in [9.17, 15) is 4.79 Å². The van der Waals surface area contributed by atoms with E-state index in [4.69, 9.17) is 4.74 Å². The number of imidazole rings is 1. The van der Waals surface area contributed by atoms with Gasteiger partial charge in [0.05, 0.1) is 12.9 Å². The average molecular weight is 271 g/mol. The molecule has 0 saturated carbocycles. The van der Waals surface area contributed by atoms with Crippen molar-refractivity contribution in [2.24, 2.45) is 0 Å². The van der Waals surface area contributed by atoms with Crippen LogP contribution in [0.2, 0.25) is 0 Å². The van der Waals surface area contributed by atoms with Gasteiger partial charge in [0, 0.05) is 18.9 Å². The molecule has 0 N–H and O–H groups in total. The van der Waals surface area contributed by atoms with Crippen LogP contribution in [0.3, 0.4) is 0 Å². The molecule has 1 unspecified atom stereocenters. The first-order valence-electron chi connectivity index (χ1n) is 6.61. The predicted octanol–water partition coefficient (Wildman–Crippen LogP) is 1.61. The second kappa shape index (κ2) is 5.09. The van der Waals surface area contributed by atoms with E-state index in [0.29, 0.717) is 13.1 Å². The molecule has 0 aliphatic carbocycles. The Morgan fingerprint density at radius 1 is 1.35 bits per heavy atom. The highest BCUT2D eigenvalue weighted by Gasteiger charge is 2.37. The Kier molecular flexibility index (Phi) is 3.28. The van der Waals surface area contributed by atoms with Crippen LogP contribution in [-0.4, -0.2) is 33.5 Å². The number of carbonyl (C=O) groups is 1. The number of rotatable bonds is 3. The van der Waals surface area contributed by atoms with Crippen molar-refractivity contribution in [1.29, 1.82) is 0 Å². The van der Waals surface area contributed by atoms with Crippen molar-refractivity contribution < 1.29 is 9.53 Å². The minimum Gasteiger partial charge on any atom is -0.344 e. The SMILES string of the molecule is CC1(n2ccnc2)CN(Cc2ccccc2)C(=O)CO1. The zero-order chi connectivity index (χ0) is 14.0. The van der Waals surface area contributed by atoms with Gasteiger partial charge in [-0.2, -0.15) is 0 Å². The maximum atomic E-state index is 12.0. The summed E-state index contributed by atoms with van der Waals surface area (Å²) in [5.74, 6) is 0.0199. The molecule has 2 heterocycles. The molecule has 1 aliphatic heterocycles. The molecule has 20 heavy (non-hydrogen) atoms. The maximum Gasteiger partial charge on any atom is 0.249 e. The number of ether oxygens (including phenoxy) is 1. The molecule has 1 aromatic heterocycles. The molecular weight excluding hydrogens is 254 g/mol. The lowest BCUT2D eigenvalue weighted by Crippen LogP contribution is -2.53. The van der Waals surface area contributed by atoms with Crippen molar-refractivity contribution in [1.82, 2.24) is 14.5 Å². The summed E-state index contributed by atoms with van der Waals surface area (Å²) in [5, 5.41) is 0. The molecule has 1 saturated heterocycles. The van der Waals surface area contributed by atoms with Gasteiger partial charge in [0.1, 0.15) is 6.61 Å². The Morgan fingerprint density at radius 2 is 2.15 bits per heavy atom. The molecule has 104 valence electrons. The summed E-state index contributed by atoms with van der Waals surface area (Å²) in [5.41, 5.74) is 0.565. The molecule has 3 rings (SSSR count). The number of benzene rings is 1. The van der Waals surface area contributed by atoms with Crippen LogP contribution in [0.25, 0.3) is 0 Å². The largest absolute Gasteiger partial charge is 0.344 e. The number of carbonyl (C=O) groups excluding carboxylic acids is 1. The maximum absolute atomic E-state index is 12.0. The lowest BCUT2D eigenvalue weighted by Gasteiger charge is -2.40. The third-order valence-corrected chi connectivity index (χ3v) is 3.61. The van der Waals surface area contributed by atoms with Gasteiger partial charge < -0.3 is 14.2 Å². The van der Waals surface area contributed by atoms with E-state index < -0.39 is 5.72 Å². The van der Waals surface area contributed by atoms with Gasteiger partial charge in [-0.25, -0.2) is 4.98 Å². The fourth-order valence-electron chi connectivity index (χ4n) is 2.44. The van der Waals surface area contributed by atoms with Gasteiger partial charge in [-0.1, -0.05) is 30.3 Å². The van der Waals surface area contributed by atoms with Crippen LogP contribution < -0.4 is 0 Å². The Hall–Kier alpha value is -2.14. The van der Waals surface area contributed by atoms with E-state index >= 15 is 0 Å². The Bertz CT molecular complexity index is 582. The number of hydrogen-bond acceptors (Lipinski definition) is 3. The molecule has 0 radical (unpaired) electrons. The molecule has 5 nitrogen and oxygen atoms in total. The highest BCUT2D eigenvalue weighted by molar-refractivity contribution is 5.78. The zero-order valence-electron chi connectivity index (χ0n) is 11.4. The molecule has 2 aromatic rings. The summed E-state index contributed by atoms with van der Waals surface area (Å²) in [6, 6.07) is 9.99. The predicted molar refractivity (Wildman–Crippen MR) is 73.7 cm³/mol. The second-order valence-electron chi connectivity index (χ2n) is 5.17. The standard InChI is InChI=1S/C15H17N3O2/c1-15(18-8-7-16-12-18)11-17(14(19)10-20-15)9-13-5-3-2-4-6-13/h2-8,12H,9-11H2,1H3. The quantitative estimate of drug-likeness (QED) is 0.852. The topological polar surface area (TPSA) is 47.4 Å². The fraction of sp³-hybridized carbons (Fsp3) is 0.333. The van der Waals surface area contributed by atoms with E-state index in [1.54, 1.807) is 12.5 Å². The van der Waals surface area contributed by atoms with E-state index in [2.05, 4.69) is 4.98 Å². The van der Waals surface area contributed by atoms with Gasteiger partial charge in [-0.05, 0) is 12.5 Å². The first kappa shape index (κ1) is 12.9. The first-order valence-corrected chi connectivity index (χ1v) is 6.61. The van der Waals surface area contributed by atoms with Crippen LogP contribution in [0, 0.1) is 0 Å². The molecule has 0 bridgehead atoms. The molecule has 0 spiro atoms. The third kappa shape index (κ3) is 2.44. The van der Waals surface area contributed by atoms with Crippen LogP contribution in [0.1, 0.15) is 12.5 Å². The van der Waals surface area contributed by atoms with E-state index in [-0.39, 0.29) is 12.5 Å². The van der Waals surface area contributed by atoms with Crippen LogP contribution in [0.15, 0.2) is 49.1 Å². The van der Waals surface area contributed by atoms with Gasteiger partial charge in [0.15, 0.2) is 5.72 Å². The highest BCUT2D eigenvalue weighted by atomic mass is 16.5.